The summed E-state index contributed by atoms with van der Waals surface area (Å²) in [6, 6.07) is 12.4. The van der Waals surface area contributed by atoms with E-state index in [9.17, 15) is 0 Å². The predicted molar refractivity (Wildman–Crippen MR) is 85.6 cm³/mol. The second-order valence-corrected chi connectivity index (χ2v) is 6.26. The Bertz CT molecular complexity index is 637. The van der Waals surface area contributed by atoms with Gasteiger partial charge in [-0.3, -0.25) is 0 Å². The summed E-state index contributed by atoms with van der Waals surface area (Å²) in [5, 5.41) is 1.17. The van der Waals surface area contributed by atoms with E-state index in [-0.39, 0.29) is 6.04 Å². The van der Waals surface area contributed by atoms with Gasteiger partial charge in [-0.2, -0.15) is 0 Å². The number of aryl methyl sites for hydroxylation is 2. The van der Waals surface area contributed by atoms with Crippen molar-refractivity contribution in [2.75, 3.05) is 0 Å². The van der Waals surface area contributed by atoms with Gasteiger partial charge >= 0.3 is 0 Å². The lowest BCUT2D eigenvalue weighted by Crippen LogP contribution is -2.13. The molecular formula is C17H17Cl2N. The van der Waals surface area contributed by atoms with Crippen molar-refractivity contribution in [2.24, 2.45) is 5.73 Å². The number of fused-ring (bicyclic) bond motifs is 1. The summed E-state index contributed by atoms with van der Waals surface area (Å²) in [6.45, 7) is 0. The summed E-state index contributed by atoms with van der Waals surface area (Å²) in [4.78, 5) is 0. The largest absolute Gasteiger partial charge is 0.324 e. The maximum absolute atomic E-state index is 6.33. The molecule has 0 saturated heterocycles. The second kappa shape index (κ2) is 5.77. The maximum Gasteiger partial charge on any atom is 0.0595 e. The van der Waals surface area contributed by atoms with Gasteiger partial charge in [0.2, 0.25) is 0 Å². The van der Waals surface area contributed by atoms with Crippen LogP contribution in [0.15, 0.2) is 36.4 Å². The van der Waals surface area contributed by atoms with Crippen molar-refractivity contribution in [3.63, 3.8) is 0 Å². The van der Waals surface area contributed by atoms with Gasteiger partial charge in [-0.25, -0.2) is 0 Å². The number of benzene rings is 2. The number of hydrogen-bond acceptors (Lipinski definition) is 1. The molecule has 0 saturated carbocycles. The zero-order valence-corrected chi connectivity index (χ0v) is 12.7. The normalized spacial score (nSPS) is 15.2. The minimum absolute atomic E-state index is 0.00172. The molecule has 0 aliphatic heterocycles. The van der Waals surface area contributed by atoms with Gasteiger partial charge in [0.1, 0.15) is 0 Å². The molecule has 1 unspecified atom stereocenters. The summed E-state index contributed by atoms with van der Waals surface area (Å²) in [5.74, 6) is 0. The minimum atomic E-state index is -0.00172. The van der Waals surface area contributed by atoms with E-state index in [2.05, 4.69) is 18.2 Å². The van der Waals surface area contributed by atoms with Crippen molar-refractivity contribution in [1.82, 2.24) is 0 Å². The standard InChI is InChI=1S/C17H17Cl2N/c18-15-7-4-11(8-16(15)19)9-17(20)14-6-5-12-2-1-3-13(12)10-14/h4-8,10,17H,1-3,9,20H2. The first kappa shape index (κ1) is 13.9. The monoisotopic (exact) mass is 305 g/mol. The predicted octanol–water partition coefficient (Wildman–Crippen LogP) is 4.72. The topological polar surface area (TPSA) is 26.0 Å². The summed E-state index contributed by atoms with van der Waals surface area (Å²) >= 11 is 12.0. The fourth-order valence-corrected chi connectivity index (χ4v) is 3.18. The van der Waals surface area contributed by atoms with Crippen LogP contribution in [0.1, 0.15) is 34.7 Å². The quantitative estimate of drug-likeness (QED) is 0.872. The van der Waals surface area contributed by atoms with E-state index in [4.69, 9.17) is 28.9 Å². The number of nitrogens with two attached hydrogens (primary N) is 1. The summed E-state index contributed by atoms with van der Waals surface area (Å²) in [5.41, 5.74) is 11.6. The third kappa shape index (κ3) is 2.85. The molecule has 0 spiro atoms. The Morgan fingerprint density at radius 3 is 2.55 bits per heavy atom. The van der Waals surface area contributed by atoms with E-state index < -0.39 is 0 Å². The lowest BCUT2D eigenvalue weighted by atomic mass is 9.97. The highest BCUT2D eigenvalue weighted by Gasteiger charge is 2.14. The Hall–Kier alpha value is -1.02. The Balaban J connectivity index is 1.78. The highest BCUT2D eigenvalue weighted by Crippen LogP contribution is 2.28. The van der Waals surface area contributed by atoms with E-state index in [1.165, 1.54) is 36.0 Å². The molecule has 0 aromatic heterocycles. The number of rotatable bonds is 3. The Labute approximate surface area is 129 Å². The van der Waals surface area contributed by atoms with Gasteiger partial charge < -0.3 is 5.73 Å². The molecule has 1 atom stereocenters. The van der Waals surface area contributed by atoms with Crippen LogP contribution in [0.4, 0.5) is 0 Å². The molecule has 3 heteroatoms. The molecule has 0 radical (unpaired) electrons. The molecule has 3 rings (SSSR count). The van der Waals surface area contributed by atoms with E-state index >= 15 is 0 Å². The van der Waals surface area contributed by atoms with E-state index in [1.54, 1.807) is 0 Å². The summed E-state index contributed by atoms with van der Waals surface area (Å²) in [7, 11) is 0. The third-order valence-electron chi connectivity index (χ3n) is 3.99. The van der Waals surface area contributed by atoms with E-state index in [1.807, 2.05) is 18.2 Å². The fourth-order valence-electron chi connectivity index (χ4n) is 2.86. The van der Waals surface area contributed by atoms with Gasteiger partial charge in [0.15, 0.2) is 0 Å². The van der Waals surface area contributed by atoms with Crippen molar-refractivity contribution in [3.8, 4) is 0 Å². The summed E-state index contributed by atoms with van der Waals surface area (Å²) < 4.78 is 0. The lowest BCUT2D eigenvalue weighted by Gasteiger charge is -2.14. The van der Waals surface area contributed by atoms with Crippen molar-refractivity contribution < 1.29 is 0 Å². The van der Waals surface area contributed by atoms with Gasteiger partial charge in [0.05, 0.1) is 10.0 Å². The van der Waals surface area contributed by atoms with Crippen LogP contribution >= 0.6 is 23.2 Å². The van der Waals surface area contributed by atoms with Crippen LogP contribution in [-0.4, -0.2) is 0 Å². The SMILES string of the molecule is NC(Cc1ccc(Cl)c(Cl)c1)c1ccc2c(c1)CCC2. The third-order valence-corrected chi connectivity index (χ3v) is 4.73. The van der Waals surface area contributed by atoms with Gasteiger partial charge in [0.25, 0.3) is 0 Å². The summed E-state index contributed by atoms with van der Waals surface area (Å²) in [6.07, 6.45) is 4.43. The van der Waals surface area contributed by atoms with Crippen molar-refractivity contribution in [2.45, 2.75) is 31.7 Å². The first-order chi connectivity index (χ1) is 9.63. The molecule has 0 amide bonds. The molecule has 0 fully saturated rings. The number of hydrogen-bond donors (Lipinski definition) is 1. The van der Waals surface area contributed by atoms with Crippen LogP contribution in [-0.2, 0) is 19.3 Å². The first-order valence-electron chi connectivity index (χ1n) is 6.94. The smallest absolute Gasteiger partial charge is 0.0595 e. The van der Waals surface area contributed by atoms with Crippen LogP contribution in [0.2, 0.25) is 10.0 Å². The van der Waals surface area contributed by atoms with Crippen LogP contribution in [0.5, 0.6) is 0 Å². The molecule has 1 nitrogen and oxygen atoms in total. The van der Waals surface area contributed by atoms with E-state index in [0.717, 1.165) is 12.0 Å². The maximum atomic E-state index is 6.33. The zero-order chi connectivity index (χ0) is 14.1. The molecule has 1 aliphatic rings. The molecule has 20 heavy (non-hydrogen) atoms. The average Bonchev–Trinajstić information content (AvgIpc) is 2.90. The van der Waals surface area contributed by atoms with Crippen molar-refractivity contribution in [3.05, 3.63) is 68.7 Å². The average molecular weight is 306 g/mol. The fraction of sp³-hybridized carbons (Fsp3) is 0.294. The van der Waals surface area contributed by atoms with Crippen LogP contribution in [0.25, 0.3) is 0 Å². The van der Waals surface area contributed by atoms with Gasteiger partial charge in [-0.05, 0) is 60.1 Å². The molecule has 104 valence electrons. The minimum Gasteiger partial charge on any atom is -0.324 e. The molecule has 2 aromatic carbocycles. The second-order valence-electron chi connectivity index (χ2n) is 5.44. The molecular weight excluding hydrogens is 289 g/mol. The zero-order valence-electron chi connectivity index (χ0n) is 11.2. The first-order valence-corrected chi connectivity index (χ1v) is 7.70. The Kier molecular flexibility index (Phi) is 4.02. The van der Waals surface area contributed by atoms with Crippen molar-refractivity contribution >= 4 is 23.2 Å². The highest BCUT2D eigenvalue weighted by atomic mass is 35.5. The number of halogens is 2. The van der Waals surface area contributed by atoms with Gasteiger partial charge in [-0.15, -0.1) is 0 Å². The molecule has 1 aliphatic carbocycles. The Morgan fingerprint density at radius 1 is 0.950 bits per heavy atom. The molecule has 2 N–H and O–H groups in total. The van der Waals surface area contributed by atoms with E-state index in [0.29, 0.717) is 10.0 Å². The van der Waals surface area contributed by atoms with Crippen LogP contribution < -0.4 is 5.73 Å². The molecule has 2 aromatic rings. The van der Waals surface area contributed by atoms with Gasteiger partial charge in [0, 0.05) is 6.04 Å². The van der Waals surface area contributed by atoms with Gasteiger partial charge in [-0.1, -0.05) is 47.5 Å². The van der Waals surface area contributed by atoms with Crippen LogP contribution in [0.3, 0.4) is 0 Å². The van der Waals surface area contributed by atoms with Crippen LogP contribution in [0, 0.1) is 0 Å². The molecule has 0 heterocycles. The Morgan fingerprint density at radius 2 is 1.75 bits per heavy atom. The molecule has 0 bridgehead atoms. The highest BCUT2D eigenvalue weighted by molar-refractivity contribution is 6.42. The lowest BCUT2D eigenvalue weighted by molar-refractivity contribution is 0.720. The van der Waals surface area contributed by atoms with Crippen molar-refractivity contribution in [1.29, 1.82) is 0 Å².